The van der Waals surface area contributed by atoms with E-state index in [1.807, 2.05) is 0 Å². The molecule has 22 nitrogen and oxygen atoms in total. The van der Waals surface area contributed by atoms with E-state index in [0.29, 0.717) is 21.6 Å². The predicted molar refractivity (Wildman–Crippen MR) is 380 cm³/mol. The summed E-state index contributed by atoms with van der Waals surface area (Å²) in [5.74, 6) is -16.1. The van der Waals surface area contributed by atoms with E-state index >= 15 is 0 Å². The number of nitriles is 4. The normalized spacial score (nSPS) is 16.0. The summed E-state index contributed by atoms with van der Waals surface area (Å²) in [6.07, 6.45) is 32.4. The number of nitrogens with zero attached hydrogens (tertiary/aromatic N) is 12. The third kappa shape index (κ3) is 27.5. The van der Waals surface area contributed by atoms with Crippen molar-refractivity contribution in [2.24, 2.45) is 0 Å². The number of carbonyl (C=O) groups is 10. The van der Waals surface area contributed by atoms with Crippen molar-refractivity contribution in [2.45, 2.75) is 0 Å². The average Bonchev–Trinajstić information content (AvgIpc) is 0.821. The molecule has 0 fully saturated rings. The second-order valence-electron chi connectivity index (χ2n) is 18.4. The van der Waals surface area contributed by atoms with Gasteiger partial charge in [0.05, 0.1) is 25.3 Å². The number of allylic oxidation sites excluding steroid dienone is 39. The van der Waals surface area contributed by atoms with E-state index in [1.165, 1.54) is 109 Å². The van der Waals surface area contributed by atoms with Crippen LogP contribution in [-0.2, 0) is 64.4 Å². The molecule has 524 valence electrons. The number of Topliss-reactive ketones (excluding diaryl/α,β-unsaturated/α-hetero) is 6. The fourth-order valence-electron chi connectivity index (χ4n) is 6.56. The number of fused-ring (bicyclic) bond motifs is 1. The minimum atomic E-state index is -2.20. The molecule has 0 aliphatic heterocycles. The van der Waals surface area contributed by atoms with Crippen molar-refractivity contribution in [3.05, 3.63) is 333 Å². The minimum absolute atomic E-state index is 0. The summed E-state index contributed by atoms with van der Waals surface area (Å²) in [5, 5.41) is 67.6. The summed E-state index contributed by atoms with van der Waals surface area (Å²) in [5.41, 5.74) is 2.05. The first-order chi connectivity index (χ1) is 49.0. The first-order valence-corrected chi connectivity index (χ1v) is 29.7. The van der Waals surface area contributed by atoms with Crippen molar-refractivity contribution in [3.63, 3.8) is 0 Å². The zero-order chi connectivity index (χ0) is 78.8. The summed E-state index contributed by atoms with van der Waals surface area (Å²) in [6.45, 7) is 26.2. The van der Waals surface area contributed by atoms with Crippen LogP contribution in [0, 0.1) is 71.6 Å². The number of rotatable bonds is 0. The monoisotopic (exact) mass is 1610 g/mol. The molecular formula is C70H26Cl8F4N12NiO10-4. The topological polar surface area (TPSA) is 373 Å². The number of ketones is 10. The first kappa shape index (κ1) is 90.6. The molecule has 0 atom stereocenters. The Bertz CT molecular complexity index is 4680. The van der Waals surface area contributed by atoms with Crippen LogP contribution in [0.15, 0.2) is 255 Å². The van der Waals surface area contributed by atoms with Gasteiger partial charge in [-0.2, -0.15) is 80.8 Å². The molecule has 0 N–H and O–H groups in total. The maximum atomic E-state index is 12.1. The molecule has 0 radical (unpaired) electrons. The number of halogens is 12. The van der Waals surface area contributed by atoms with Crippen molar-refractivity contribution in [1.82, 2.24) is 0 Å². The smallest absolute Gasteiger partial charge is 0.548 e. The third-order valence-electron chi connectivity index (χ3n) is 11.6. The van der Waals surface area contributed by atoms with Gasteiger partial charge in [-0.05, 0) is 95.2 Å². The van der Waals surface area contributed by atoms with E-state index < -0.39 is 89.5 Å². The Morgan fingerprint density at radius 1 is 0.352 bits per heavy atom. The average molecular weight is 1610 g/mol. The maximum absolute atomic E-state index is 12.1. The summed E-state index contributed by atoms with van der Waals surface area (Å²) >= 11 is 44.5. The van der Waals surface area contributed by atoms with Crippen LogP contribution in [0.5, 0.6) is 0 Å². The van der Waals surface area contributed by atoms with Gasteiger partial charge in [-0.3, -0.25) is 47.9 Å². The molecule has 0 spiro atoms. The van der Waals surface area contributed by atoms with E-state index in [1.54, 1.807) is 72.9 Å². The van der Waals surface area contributed by atoms with Gasteiger partial charge in [0.1, 0.15) is 76.3 Å². The fraction of sp³-hybridized carbons (Fsp3) is 0. The van der Waals surface area contributed by atoms with E-state index in [9.17, 15) is 65.5 Å². The molecule has 0 heterocycles. The molecule has 0 aromatic heterocycles. The number of benzene rings is 1. The Hall–Kier alpha value is -12.4. The molecule has 10 rings (SSSR count). The maximum Gasteiger partial charge on any atom is 0.548 e. The number of hydrogen-bond acceptors (Lipinski definition) is 14. The predicted octanol–water partition coefficient (Wildman–Crippen LogP) is 13.4. The van der Waals surface area contributed by atoms with Crippen molar-refractivity contribution in [2.75, 3.05) is 0 Å². The van der Waals surface area contributed by atoms with Crippen molar-refractivity contribution in [3.8, 4) is 24.3 Å². The number of carbonyl (C=O) groups excluding carboxylic acids is 10. The molecule has 0 bridgehead atoms. The fourth-order valence-corrected chi connectivity index (χ4v) is 8.35. The van der Waals surface area contributed by atoms with E-state index in [0.717, 1.165) is 11.1 Å². The van der Waals surface area contributed by atoms with Gasteiger partial charge in [0, 0.05) is 21.7 Å². The summed E-state index contributed by atoms with van der Waals surface area (Å²) in [7, 11) is 0. The van der Waals surface area contributed by atoms with Crippen LogP contribution >= 0.6 is 92.8 Å². The largest absolute Gasteiger partial charge is 0.805 e. The minimum Gasteiger partial charge on any atom is -0.805 e. The molecule has 0 saturated carbocycles. The second-order valence-corrected chi connectivity index (χ2v) is 21.5. The van der Waals surface area contributed by atoms with Gasteiger partial charge < -0.3 is 21.6 Å². The number of hydrogen-bond donors (Lipinski definition) is 0. The van der Waals surface area contributed by atoms with Gasteiger partial charge in [0.15, 0.2) is 23.1 Å². The molecule has 0 amide bonds. The van der Waals surface area contributed by atoms with Gasteiger partial charge in [-0.1, -0.05) is 178 Å². The molecular weight excluding hydrogens is 1590 g/mol. The van der Waals surface area contributed by atoms with E-state index in [-0.39, 0.29) is 94.0 Å². The Morgan fingerprint density at radius 3 is 0.848 bits per heavy atom. The molecule has 0 saturated heterocycles. The van der Waals surface area contributed by atoms with Crippen LogP contribution in [0.2, 0.25) is 0 Å². The van der Waals surface area contributed by atoms with Crippen molar-refractivity contribution < 1.29 is 82.0 Å². The van der Waals surface area contributed by atoms with Crippen LogP contribution in [-0.4, -0.2) is 80.7 Å². The molecule has 1 aromatic carbocycles. The Kier molecular flexibility index (Phi) is 38.6. The van der Waals surface area contributed by atoms with Gasteiger partial charge in [0.25, 0.3) is 11.6 Å². The summed E-state index contributed by atoms with van der Waals surface area (Å²) < 4.78 is 48.6. The molecule has 35 heteroatoms. The Balaban J connectivity index is 0.000000598. The molecule has 9 aliphatic carbocycles. The van der Waals surface area contributed by atoms with E-state index in [2.05, 4.69) is 19.4 Å². The molecule has 1 aromatic rings. The van der Waals surface area contributed by atoms with Gasteiger partial charge in [0.2, 0.25) is 52.0 Å². The van der Waals surface area contributed by atoms with Crippen LogP contribution in [0.25, 0.3) is 52.4 Å². The van der Waals surface area contributed by atoms with Crippen LogP contribution in [0.4, 0.5) is 17.6 Å². The van der Waals surface area contributed by atoms with Crippen molar-refractivity contribution >= 4 is 185 Å². The standard InChI is InChI=1S/C12H4Cl4O2.C12H4N4.C10H6O2.C6Cl4O2.C6F4O2.C6N4.2C6H4N2.C6H4O2.Ni/c13-7-1-5(2-8(14)11(7)17)6-3-9(15)12(18)10(16)4-6;1-15-12(16-2)10-5-3-9(4-6-10)11(7-13)8-14;11-9-3-1-7-5-10(12)4-2-8(7)6-9;2*7-1-2(8)6(12)4(10)3(9)5(1)11;1-9-6(10-2)5(3-7)4-8;2*7-5-3-1-2-4-6(5)8;7-5-1-2-6(8)4-3-5;/h1-4H;3-6H;1-6H;;;;3*1-4H;/q;;;;;;2*-2;;. The zero-order valence-corrected chi connectivity index (χ0v) is 58.3. The first-order valence-electron chi connectivity index (χ1n) is 26.7. The van der Waals surface area contributed by atoms with Gasteiger partial charge >= 0.3 is 11.6 Å². The molecule has 0 unspecified atom stereocenters. The Morgan fingerprint density at radius 2 is 0.619 bits per heavy atom. The van der Waals surface area contributed by atoms with Gasteiger partial charge in [-0.25, -0.2) is 0 Å². The van der Waals surface area contributed by atoms with E-state index in [4.69, 9.17) is 162 Å². The quantitative estimate of drug-likeness (QED) is 0.0582. The summed E-state index contributed by atoms with van der Waals surface area (Å²) in [6, 6.07) is 12.6. The Labute approximate surface area is 640 Å². The zero-order valence-electron chi connectivity index (χ0n) is 51.3. The van der Waals surface area contributed by atoms with Crippen LogP contribution in [0.3, 0.4) is 0 Å². The second kappa shape index (κ2) is 44.8. The van der Waals surface area contributed by atoms with Crippen molar-refractivity contribution in [1.29, 1.82) is 21.0 Å². The molecule has 105 heavy (non-hydrogen) atoms. The molecule has 9 aliphatic rings. The third-order valence-corrected chi connectivity index (χ3v) is 14.4. The van der Waals surface area contributed by atoms with Crippen LogP contribution < -0.4 is 10.4 Å². The van der Waals surface area contributed by atoms with Gasteiger partial charge in [-0.15, -0.1) is 0 Å². The summed E-state index contributed by atoms with van der Waals surface area (Å²) in [4.78, 5) is 119. The SMILES string of the molecule is O=C1C(Cl)=C(Cl)C(=O)C(Cl)=C1Cl.O=C1C(Cl)=CC(=C2C=C(Cl)C(=O)C(Cl)=C2)C=C1Cl.O=C1C(F)=C(F)C(=O)C(F)=C1F.O=C1C=CC(=O)C=C1.O=C1C=CC2=CC(=O)C=CC2=C1.[C-]#[N+]C([N+]#[C-])=C(C#N)C#N.[C-]#[N+]C([N+]#[C-])=c1ccc(=C(C#N)C#N)cc1.[N-]=C1C=CC=CC1=[N-].[N-]=C1C=CC=CC1=[N-].[Ni]. The van der Waals surface area contributed by atoms with Crippen LogP contribution in [0.1, 0.15) is 0 Å².